The molecule has 3 N–H and O–H groups in total. The van der Waals surface area contributed by atoms with Crippen molar-refractivity contribution in [2.24, 2.45) is 0 Å². The Labute approximate surface area is 146 Å². The van der Waals surface area contributed by atoms with Gasteiger partial charge in [0.25, 0.3) is 5.91 Å². The summed E-state index contributed by atoms with van der Waals surface area (Å²) in [6.07, 6.45) is 1.24. The van der Waals surface area contributed by atoms with Gasteiger partial charge in [0.15, 0.2) is 11.5 Å². The van der Waals surface area contributed by atoms with Crippen molar-refractivity contribution in [2.75, 3.05) is 7.11 Å². The Bertz CT molecular complexity index is 802. The Kier molecular flexibility index (Phi) is 5.59. The van der Waals surface area contributed by atoms with E-state index in [1.54, 1.807) is 36.4 Å². The number of rotatable bonds is 5. The molecule has 7 heteroatoms. The summed E-state index contributed by atoms with van der Waals surface area (Å²) in [6, 6.07) is 11.3. The second-order valence-electron chi connectivity index (χ2n) is 4.70. The van der Waals surface area contributed by atoms with E-state index in [9.17, 15) is 19.8 Å². The first-order valence-corrected chi connectivity index (χ1v) is 7.60. The number of carbonyl (C=O) groups is 2. The van der Waals surface area contributed by atoms with Crippen LogP contribution in [0, 0.1) is 0 Å². The number of phenolic OH excluding ortho intramolecular Hbond substituents is 1. The number of carbonyl (C=O) groups excluding carboxylic acids is 1. The molecule has 0 aliphatic heterocycles. The standard InChI is InChI=1S/C17H14BrNO5/c1-24-13-8-7-11(14(18)15(13)20)9-12(17(22)23)19-16(21)10-5-3-2-4-6-10/h2-9,20H,1H3,(H,19,21)(H,22,23)/b12-9+. The molecule has 0 saturated heterocycles. The van der Waals surface area contributed by atoms with Crippen molar-refractivity contribution in [3.8, 4) is 11.5 Å². The summed E-state index contributed by atoms with van der Waals surface area (Å²) in [7, 11) is 1.40. The van der Waals surface area contributed by atoms with Gasteiger partial charge >= 0.3 is 5.97 Å². The number of amides is 1. The lowest BCUT2D eigenvalue weighted by Crippen LogP contribution is -2.27. The smallest absolute Gasteiger partial charge is 0.352 e. The van der Waals surface area contributed by atoms with Crippen LogP contribution in [0.5, 0.6) is 11.5 Å². The molecule has 0 spiro atoms. The first-order chi connectivity index (χ1) is 11.4. The number of nitrogens with one attached hydrogen (secondary N) is 1. The quantitative estimate of drug-likeness (QED) is 0.680. The lowest BCUT2D eigenvalue weighted by molar-refractivity contribution is -0.132. The summed E-state index contributed by atoms with van der Waals surface area (Å²) in [5.41, 5.74) is 0.384. The molecule has 2 aromatic rings. The van der Waals surface area contributed by atoms with Gasteiger partial charge < -0.3 is 20.3 Å². The van der Waals surface area contributed by atoms with Crippen molar-refractivity contribution in [1.29, 1.82) is 0 Å². The summed E-state index contributed by atoms with van der Waals surface area (Å²) < 4.78 is 5.23. The minimum absolute atomic E-state index is 0.162. The van der Waals surface area contributed by atoms with Crippen molar-refractivity contribution in [3.05, 3.63) is 63.8 Å². The predicted molar refractivity (Wildman–Crippen MR) is 91.9 cm³/mol. The highest BCUT2D eigenvalue weighted by atomic mass is 79.9. The van der Waals surface area contributed by atoms with Crippen LogP contribution in [-0.2, 0) is 4.79 Å². The maximum Gasteiger partial charge on any atom is 0.352 e. The highest BCUT2D eigenvalue weighted by Gasteiger charge is 2.16. The molecular formula is C17H14BrNO5. The second kappa shape index (κ2) is 7.65. The molecule has 6 nitrogen and oxygen atoms in total. The zero-order valence-corrected chi connectivity index (χ0v) is 14.2. The Morgan fingerprint density at radius 3 is 2.42 bits per heavy atom. The minimum atomic E-state index is -1.30. The topological polar surface area (TPSA) is 95.9 Å². The zero-order chi connectivity index (χ0) is 17.7. The molecule has 0 radical (unpaired) electrons. The number of methoxy groups -OCH3 is 1. The third-order valence-corrected chi connectivity index (χ3v) is 3.98. The average molecular weight is 392 g/mol. The SMILES string of the molecule is COc1ccc(/C=C(/NC(=O)c2ccccc2)C(=O)O)c(Br)c1O. The van der Waals surface area contributed by atoms with Crippen molar-refractivity contribution < 1.29 is 24.5 Å². The van der Waals surface area contributed by atoms with Crippen molar-refractivity contribution in [3.63, 3.8) is 0 Å². The highest BCUT2D eigenvalue weighted by molar-refractivity contribution is 9.10. The molecule has 0 saturated carbocycles. The number of benzene rings is 2. The number of aliphatic carboxylic acids is 1. The van der Waals surface area contributed by atoms with Crippen molar-refractivity contribution in [1.82, 2.24) is 5.32 Å². The minimum Gasteiger partial charge on any atom is -0.503 e. The lowest BCUT2D eigenvalue weighted by atomic mass is 10.1. The van der Waals surface area contributed by atoms with Gasteiger partial charge in [0.2, 0.25) is 0 Å². The molecule has 0 fully saturated rings. The molecule has 2 aromatic carbocycles. The fourth-order valence-electron chi connectivity index (χ4n) is 1.93. The van der Waals surface area contributed by atoms with Gasteiger partial charge in [0, 0.05) is 5.56 Å². The molecule has 24 heavy (non-hydrogen) atoms. The molecule has 0 aromatic heterocycles. The van der Waals surface area contributed by atoms with Gasteiger partial charge in [0.1, 0.15) is 5.70 Å². The van der Waals surface area contributed by atoms with Gasteiger partial charge in [0.05, 0.1) is 11.6 Å². The fourth-order valence-corrected chi connectivity index (χ4v) is 2.37. The average Bonchev–Trinajstić information content (AvgIpc) is 2.59. The molecule has 1 amide bonds. The summed E-state index contributed by atoms with van der Waals surface area (Å²) >= 11 is 3.18. The van der Waals surface area contributed by atoms with Crippen molar-refractivity contribution >= 4 is 33.9 Å². The number of phenols is 1. The predicted octanol–water partition coefficient (Wildman–Crippen LogP) is 3.02. The van der Waals surface area contributed by atoms with Crippen LogP contribution in [0.1, 0.15) is 15.9 Å². The molecule has 0 atom stereocenters. The summed E-state index contributed by atoms with van der Waals surface area (Å²) in [5.74, 6) is -1.77. The van der Waals surface area contributed by atoms with E-state index in [4.69, 9.17) is 4.74 Å². The van der Waals surface area contributed by atoms with E-state index >= 15 is 0 Å². The number of aromatic hydroxyl groups is 1. The number of carboxylic acid groups (broad SMARTS) is 1. The van der Waals surface area contributed by atoms with Crippen LogP contribution in [-0.4, -0.2) is 29.2 Å². The molecule has 2 rings (SSSR count). The fraction of sp³-hybridized carbons (Fsp3) is 0.0588. The normalized spacial score (nSPS) is 11.0. The first-order valence-electron chi connectivity index (χ1n) is 6.81. The zero-order valence-electron chi connectivity index (χ0n) is 12.6. The van der Waals surface area contributed by atoms with Crippen LogP contribution < -0.4 is 10.1 Å². The maximum absolute atomic E-state index is 12.1. The molecule has 0 unspecified atom stereocenters. The van der Waals surface area contributed by atoms with Gasteiger partial charge in [-0.2, -0.15) is 0 Å². The molecule has 0 aliphatic rings. The lowest BCUT2D eigenvalue weighted by Gasteiger charge is -2.09. The summed E-state index contributed by atoms with van der Waals surface area (Å²) in [6.45, 7) is 0. The Morgan fingerprint density at radius 2 is 1.83 bits per heavy atom. The number of hydrogen-bond acceptors (Lipinski definition) is 4. The van der Waals surface area contributed by atoms with E-state index in [1.807, 2.05) is 0 Å². The second-order valence-corrected chi connectivity index (χ2v) is 5.50. The Balaban J connectivity index is 2.34. The van der Waals surface area contributed by atoms with Gasteiger partial charge in [-0.3, -0.25) is 4.79 Å². The first kappa shape index (κ1) is 17.6. The van der Waals surface area contributed by atoms with Crippen LogP contribution in [0.15, 0.2) is 52.6 Å². The van der Waals surface area contributed by atoms with Crippen LogP contribution in [0.2, 0.25) is 0 Å². The van der Waals surface area contributed by atoms with Gasteiger partial charge in [-0.05, 0) is 51.8 Å². The van der Waals surface area contributed by atoms with Crippen LogP contribution >= 0.6 is 15.9 Å². The molecule has 0 heterocycles. The van der Waals surface area contributed by atoms with E-state index in [2.05, 4.69) is 21.2 Å². The number of carboxylic acids is 1. The summed E-state index contributed by atoms with van der Waals surface area (Å²) in [4.78, 5) is 23.5. The van der Waals surface area contributed by atoms with Crippen LogP contribution in [0.3, 0.4) is 0 Å². The van der Waals surface area contributed by atoms with Gasteiger partial charge in [-0.15, -0.1) is 0 Å². The monoisotopic (exact) mass is 391 g/mol. The molecular weight excluding hydrogens is 378 g/mol. The molecule has 0 aliphatic carbocycles. The summed E-state index contributed by atoms with van der Waals surface area (Å²) in [5, 5.41) is 21.6. The van der Waals surface area contributed by atoms with Gasteiger partial charge in [-0.1, -0.05) is 18.2 Å². The Morgan fingerprint density at radius 1 is 1.17 bits per heavy atom. The highest BCUT2D eigenvalue weighted by Crippen LogP contribution is 2.37. The molecule has 0 bridgehead atoms. The number of ether oxygens (including phenoxy) is 1. The van der Waals surface area contributed by atoms with Crippen LogP contribution in [0.25, 0.3) is 6.08 Å². The van der Waals surface area contributed by atoms with Gasteiger partial charge in [-0.25, -0.2) is 4.79 Å². The van der Waals surface area contributed by atoms with E-state index in [0.717, 1.165) is 0 Å². The molecule has 124 valence electrons. The third-order valence-electron chi connectivity index (χ3n) is 3.14. The third kappa shape index (κ3) is 3.94. The van der Waals surface area contributed by atoms with E-state index < -0.39 is 11.9 Å². The maximum atomic E-state index is 12.1. The van der Waals surface area contributed by atoms with Crippen LogP contribution in [0.4, 0.5) is 0 Å². The van der Waals surface area contributed by atoms with E-state index in [-0.39, 0.29) is 21.7 Å². The number of halogens is 1. The van der Waals surface area contributed by atoms with Crippen molar-refractivity contribution in [2.45, 2.75) is 0 Å². The van der Waals surface area contributed by atoms with E-state index in [1.165, 1.54) is 19.3 Å². The largest absolute Gasteiger partial charge is 0.503 e. The van der Waals surface area contributed by atoms with E-state index in [0.29, 0.717) is 11.1 Å². The Hall–Kier alpha value is -2.80. The number of hydrogen-bond donors (Lipinski definition) is 3.